The first-order valence-corrected chi connectivity index (χ1v) is 8.70. The number of alkyl halides is 3. The van der Waals surface area contributed by atoms with Crippen molar-refractivity contribution in [3.05, 3.63) is 29.3 Å². The monoisotopic (exact) mass is 414 g/mol. The number of hydrogen-bond acceptors (Lipinski definition) is 3. The van der Waals surface area contributed by atoms with Crippen molar-refractivity contribution in [3.63, 3.8) is 0 Å². The summed E-state index contributed by atoms with van der Waals surface area (Å²) in [4.78, 5) is 2.41. The minimum atomic E-state index is -4.34. The predicted octanol–water partition coefficient (Wildman–Crippen LogP) is 4.69. The number of methoxy groups -OCH3 is 1. The summed E-state index contributed by atoms with van der Waals surface area (Å²) in [6.45, 7) is 3.69. The molecule has 1 saturated heterocycles. The highest BCUT2D eigenvalue weighted by Crippen LogP contribution is 2.44. The second kappa shape index (κ2) is 10.0. The second-order valence-corrected chi connectivity index (χ2v) is 6.73. The summed E-state index contributed by atoms with van der Waals surface area (Å²) in [5.74, 6) is 0.856. The standard InChI is InChI=1S/C18H25F3N2O.2ClH/c1-24-16-12-14(18(19,20)21)6-7-15(16)17(13-4-2-3-5-13)23-10-8-22-9-11-23;;/h6-7,12-13,17,22H,2-5,8-11H2,1H3;2*1H/t17-;;/m1../s1. The van der Waals surface area contributed by atoms with Gasteiger partial charge in [0.05, 0.1) is 12.7 Å². The van der Waals surface area contributed by atoms with E-state index in [1.165, 1.54) is 26.0 Å². The van der Waals surface area contributed by atoms with E-state index in [9.17, 15) is 13.2 Å². The first kappa shape index (κ1) is 23.3. The smallest absolute Gasteiger partial charge is 0.416 e. The Morgan fingerprint density at radius 1 is 1.12 bits per heavy atom. The summed E-state index contributed by atoms with van der Waals surface area (Å²) in [7, 11) is 1.46. The summed E-state index contributed by atoms with van der Waals surface area (Å²) in [6, 6.07) is 4.13. The maximum atomic E-state index is 13.0. The van der Waals surface area contributed by atoms with Crippen LogP contribution in [0.3, 0.4) is 0 Å². The van der Waals surface area contributed by atoms with Crippen molar-refractivity contribution < 1.29 is 17.9 Å². The molecule has 1 aromatic rings. The van der Waals surface area contributed by atoms with Gasteiger partial charge in [0.2, 0.25) is 0 Å². The maximum absolute atomic E-state index is 13.0. The van der Waals surface area contributed by atoms with Crippen LogP contribution in [0.1, 0.15) is 42.9 Å². The van der Waals surface area contributed by atoms with Gasteiger partial charge in [-0.1, -0.05) is 18.9 Å². The number of nitrogens with zero attached hydrogens (tertiary/aromatic N) is 1. The molecule has 1 atom stereocenters. The number of benzene rings is 1. The molecule has 0 unspecified atom stereocenters. The van der Waals surface area contributed by atoms with Gasteiger partial charge in [0.25, 0.3) is 0 Å². The minimum absolute atomic E-state index is 0. The van der Waals surface area contributed by atoms with Crippen molar-refractivity contribution in [2.75, 3.05) is 33.3 Å². The Morgan fingerprint density at radius 3 is 2.27 bits per heavy atom. The Balaban J connectivity index is 0.00000169. The number of piperazine rings is 1. The molecule has 1 heterocycles. The molecule has 0 aromatic heterocycles. The van der Waals surface area contributed by atoms with Crippen LogP contribution in [0.5, 0.6) is 5.75 Å². The van der Waals surface area contributed by atoms with Crippen LogP contribution in [0.25, 0.3) is 0 Å². The second-order valence-electron chi connectivity index (χ2n) is 6.73. The third-order valence-corrected chi connectivity index (χ3v) is 5.27. The molecule has 1 N–H and O–H groups in total. The molecule has 1 aromatic carbocycles. The third kappa shape index (κ3) is 5.18. The van der Waals surface area contributed by atoms with Crippen molar-refractivity contribution >= 4 is 24.8 Å². The highest BCUT2D eigenvalue weighted by Gasteiger charge is 2.36. The Kier molecular flexibility index (Phi) is 9.00. The van der Waals surface area contributed by atoms with Gasteiger partial charge in [-0.15, -0.1) is 24.8 Å². The van der Waals surface area contributed by atoms with Gasteiger partial charge in [0, 0.05) is 37.8 Å². The van der Waals surface area contributed by atoms with E-state index >= 15 is 0 Å². The van der Waals surface area contributed by atoms with Crippen molar-refractivity contribution in [3.8, 4) is 5.75 Å². The average molecular weight is 415 g/mol. The van der Waals surface area contributed by atoms with E-state index in [2.05, 4.69) is 10.2 Å². The minimum Gasteiger partial charge on any atom is -0.496 e. The Labute approximate surface area is 165 Å². The van der Waals surface area contributed by atoms with Gasteiger partial charge in [0.15, 0.2) is 0 Å². The van der Waals surface area contributed by atoms with Crippen LogP contribution in [-0.4, -0.2) is 38.2 Å². The highest BCUT2D eigenvalue weighted by atomic mass is 35.5. The summed E-state index contributed by atoms with van der Waals surface area (Å²) in [5, 5.41) is 3.35. The number of hydrogen-bond donors (Lipinski definition) is 1. The first-order chi connectivity index (χ1) is 11.5. The molecular weight excluding hydrogens is 388 g/mol. The van der Waals surface area contributed by atoms with Crippen LogP contribution in [0, 0.1) is 5.92 Å². The van der Waals surface area contributed by atoms with Gasteiger partial charge in [-0.05, 0) is 30.9 Å². The molecule has 0 radical (unpaired) electrons. The topological polar surface area (TPSA) is 24.5 Å². The van der Waals surface area contributed by atoms with E-state index in [0.29, 0.717) is 11.7 Å². The van der Waals surface area contributed by atoms with E-state index in [0.717, 1.165) is 50.7 Å². The largest absolute Gasteiger partial charge is 0.496 e. The lowest BCUT2D eigenvalue weighted by atomic mass is 9.88. The van der Waals surface area contributed by atoms with Crippen LogP contribution < -0.4 is 10.1 Å². The lowest BCUT2D eigenvalue weighted by Gasteiger charge is -2.39. The summed E-state index contributed by atoms with van der Waals surface area (Å²) in [5.41, 5.74) is 0.257. The normalized spacial score (nSPS) is 20.2. The fraction of sp³-hybridized carbons (Fsp3) is 0.667. The Hall–Kier alpha value is -0.690. The molecule has 2 fully saturated rings. The molecule has 2 aliphatic rings. The summed E-state index contributed by atoms with van der Waals surface area (Å²) in [6.07, 6.45) is 0.341. The molecule has 0 amide bonds. The third-order valence-electron chi connectivity index (χ3n) is 5.27. The van der Waals surface area contributed by atoms with E-state index in [-0.39, 0.29) is 30.9 Å². The average Bonchev–Trinajstić information content (AvgIpc) is 3.09. The van der Waals surface area contributed by atoms with E-state index in [4.69, 9.17) is 4.74 Å². The van der Waals surface area contributed by atoms with Crippen LogP contribution in [-0.2, 0) is 6.18 Å². The van der Waals surface area contributed by atoms with Gasteiger partial charge in [-0.3, -0.25) is 4.90 Å². The summed E-state index contributed by atoms with van der Waals surface area (Å²) >= 11 is 0. The van der Waals surface area contributed by atoms with Gasteiger partial charge in [-0.25, -0.2) is 0 Å². The molecule has 1 aliphatic heterocycles. The summed E-state index contributed by atoms with van der Waals surface area (Å²) < 4.78 is 44.4. The Bertz CT molecular complexity index is 560. The molecule has 8 heteroatoms. The number of rotatable bonds is 4. The lowest BCUT2D eigenvalue weighted by Crippen LogP contribution is -2.46. The molecule has 1 saturated carbocycles. The first-order valence-electron chi connectivity index (χ1n) is 8.70. The molecule has 0 spiro atoms. The molecule has 0 bridgehead atoms. The van der Waals surface area contributed by atoms with Gasteiger partial charge >= 0.3 is 6.18 Å². The number of nitrogens with one attached hydrogen (secondary N) is 1. The molecule has 150 valence electrons. The zero-order valence-corrected chi connectivity index (χ0v) is 16.5. The number of halogens is 5. The fourth-order valence-electron chi connectivity index (χ4n) is 4.11. The molecule has 3 rings (SSSR count). The predicted molar refractivity (Wildman–Crippen MR) is 102 cm³/mol. The van der Waals surface area contributed by atoms with Crippen molar-refractivity contribution in [1.29, 1.82) is 0 Å². The maximum Gasteiger partial charge on any atom is 0.416 e. The molecular formula is C18H27Cl2F3N2O. The van der Waals surface area contributed by atoms with Crippen molar-refractivity contribution in [1.82, 2.24) is 10.2 Å². The van der Waals surface area contributed by atoms with Crippen LogP contribution >= 0.6 is 24.8 Å². The van der Waals surface area contributed by atoms with Crippen LogP contribution in [0.4, 0.5) is 13.2 Å². The molecule has 1 aliphatic carbocycles. The quantitative estimate of drug-likeness (QED) is 0.772. The fourth-order valence-corrected chi connectivity index (χ4v) is 4.11. The molecule has 3 nitrogen and oxygen atoms in total. The van der Waals surface area contributed by atoms with Crippen molar-refractivity contribution in [2.24, 2.45) is 5.92 Å². The Morgan fingerprint density at radius 2 is 1.73 bits per heavy atom. The van der Waals surface area contributed by atoms with Crippen LogP contribution in [0.2, 0.25) is 0 Å². The van der Waals surface area contributed by atoms with Gasteiger partial charge in [-0.2, -0.15) is 13.2 Å². The van der Waals surface area contributed by atoms with E-state index in [1.807, 2.05) is 0 Å². The SMILES string of the molecule is COc1cc(C(F)(F)F)ccc1[C@@H](C1CCCC1)N1CCNCC1.Cl.Cl. The number of ether oxygens (including phenoxy) is 1. The van der Waals surface area contributed by atoms with Crippen LogP contribution in [0.15, 0.2) is 18.2 Å². The highest BCUT2D eigenvalue weighted by molar-refractivity contribution is 5.85. The van der Waals surface area contributed by atoms with Gasteiger partial charge in [0.1, 0.15) is 5.75 Å². The van der Waals surface area contributed by atoms with E-state index in [1.54, 1.807) is 6.07 Å². The van der Waals surface area contributed by atoms with E-state index < -0.39 is 11.7 Å². The lowest BCUT2D eigenvalue weighted by molar-refractivity contribution is -0.137. The zero-order chi connectivity index (χ0) is 17.2. The molecule has 26 heavy (non-hydrogen) atoms. The van der Waals surface area contributed by atoms with Gasteiger partial charge < -0.3 is 10.1 Å². The van der Waals surface area contributed by atoms with Crippen molar-refractivity contribution in [2.45, 2.75) is 37.9 Å². The zero-order valence-electron chi connectivity index (χ0n) is 14.8.